The molecular formula is C13H9ClF3N. The Kier molecular flexibility index (Phi) is 3.30. The van der Waals surface area contributed by atoms with Gasteiger partial charge in [-0.1, -0.05) is 29.8 Å². The van der Waals surface area contributed by atoms with Crippen molar-refractivity contribution in [3.05, 3.63) is 52.7 Å². The predicted molar refractivity (Wildman–Crippen MR) is 64.4 cm³/mol. The predicted octanol–water partition coefficient (Wildman–Crippen LogP) is 4.73. The lowest BCUT2D eigenvalue weighted by Crippen LogP contribution is -2.06. The van der Waals surface area contributed by atoms with Crippen LogP contribution in [0.15, 0.2) is 36.4 Å². The zero-order valence-electron chi connectivity index (χ0n) is 9.42. The normalized spacial score (nSPS) is 11.6. The van der Waals surface area contributed by atoms with Crippen molar-refractivity contribution in [3.8, 4) is 11.3 Å². The van der Waals surface area contributed by atoms with Gasteiger partial charge in [0.15, 0.2) is 0 Å². The van der Waals surface area contributed by atoms with Crippen LogP contribution < -0.4 is 0 Å². The van der Waals surface area contributed by atoms with Gasteiger partial charge in [0.25, 0.3) is 0 Å². The summed E-state index contributed by atoms with van der Waals surface area (Å²) in [6, 6.07) is 8.71. The Bertz CT molecular complexity index is 579. The monoisotopic (exact) mass is 271 g/mol. The van der Waals surface area contributed by atoms with E-state index in [1.54, 1.807) is 24.3 Å². The zero-order valence-corrected chi connectivity index (χ0v) is 10.2. The third-order valence-corrected chi connectivity index (χ3v) is 2.76. The van der Waals surface area contributed by atoms with E-state index in [2.05, 4.69) is 4.98 Å². The number of benzene rings is 1. The van der Waals surface area contributed by atoms with Crippen molar-refractivity contribution in [2.45, 2.75) is 13.1 Å². The summed E-state index contributed by atoms with van der Waals surface area (Å²) in [6.45, 7) is 1.52. The SMILES string of the molecule is Cc1cc(C(F)(F)F)cc(-c2ccccc2Cl)n1. The Morgan fingerprint density at radius 3 is 2.39 bits per heavy atom. The lowest BCUT2D eigenvalue weighted by molar-refractivity contribution is -0.137. The molecule has 0 fully saturated rings. The first kappa shape index (κ1) is 12.9. The smallest absolute Gasteiger partial charge is 0.253 e. The fourth-order valence-corrected chi connectivity index (χ4v) is 1.87. The van der Waals surface area contributed by atoms with Crippen molar-refractivity contribution in [2.75, 3.05) is 0 Å². The molecule has 0 bridgehead atoms. The maximum atomic E-state index is 12.7. The number of halogens is 4. The van der Waals surface area contributed by atoms with Gasteiger partial charge in [-0.25, -0.2) is 0 Å². The number of alkyl halides is 3. The molecule has 0 radical (unpaired) electrons. The van der Waals surface area contributed by atoms with Crippen LogP contribution >= 0.6 is 11.6 Å². The van der Waals surface area contributed by atoms with E-state index in [0.29, 0.717) is 16.3 Å². The molecule has 94 valence electrons. The lowest BCUT2D eigenvalue weighted by atomic mass is 10.1. The third-order valence-electron chi connectivity index (χ3n) is 2.43. The summed E-state index contributed by atoms with van der Waals surface area (Å²) in [7, 11) is 0. The second kappa shape index (κ2) is 4.61. The van der Waals surface area contributed by atoms with Crippen LogP contribution in [0.3, 0.4) is 0 Å². The molecule has 2 aromatic rings. The molecule has 2 rings (SSSR count). The fourth-order valence-electron chi connectivity index (χ4n) is 1.64. The topological polar surface area (TPSA) is 12.9 Å². The van der Waals surface area contributed by atoms with E-state index in [-0.39, 0.29) is 5.69 Å². The van der Waals surface area contributed by atoms with Gasteiger partial charge >= 0.3 is 6.18 Å². The van der Waals surface area contributed by atoms with Gasteiger partial charge in [-0.15, -0.1) is 0 Å². The largest absolute Gasteiger partial charge is 0.416 e. The molecule has 0 spiro atoms. The number of rotatable bonds is 1. The molecular weight excluding hydrogens is 263 g/mol. The van der Waals surface area contributed by atoms with Crippen LogP contribution in [0.4, 0.5) is 13.2 Å². The maximum absolute atomic E-state index is 12.7. The number of nitrogens with zero attached hydrogens (tertiary/aromatic N) is 1. The van der Waals surface area contributed by atoms with Crippen molar-refractivity contribution < 1.29 is 13.2 Å². The van der Waals surface area contributed by atoms with Crippen LogP contribution in [0.5, 0.6) is 0 Å². The van der Waals surface area contributed by atoms with Gasteiger partial charge < -0.3 is 0 Å². The minimum atomic E-state index is -4.39. The minimum absolute atomic E-state index is 0.230. The van der Waals surface area contributed by atoms with Gasteiger partial charge in [0.2, 0.25) is 0 Å². The number of hydrogen-bond acceptors (Lipinski definition) is 1. The molecule has 1 aromatic carbocycles. The first-order valence-electron chi connectivity index (χ1n) is 5.19. The average Bonchev–Trinajstić information content (AvgIpc) is 2.27. The van der Waals surface area contributed by atoms with Crippen LogP contribution in [-0.4, -0.2) is 4.98 Å². The van der Waals surface area contributed by atoms with E-state index in [1.807, 2.05) is 0 Å². The van der Waals surface area contributed by atoms with Crippen molar-refractivity contribution in [1.29, 1.82) is 0 Å². The zero-order chi connectivity index (χ0) is 13.3. The standard InChI is InChI=1S/C13H9ClF3N/c1-8-6-9(13(15,16)17)7-12(18-8)10-4-2-3-5-11(10)14/h2-7H,1H3. The summed E-state index contributed by atoms with van der Waals surface area (Å²) in [6.07, 6.45) is -4.39. The van der Waals surface area contributed by atoms with E-state index in [1.165, 1.54) is 6.92 Å². The number of pyridine rings is 1. The highest BCUT2D eigenvalue weighted by atomic mass is 35.5. The molecule has 0 aliphatic carbocycles. The molecule has 0 saturated carbocycles. The van der Waals surface area contributed by atoms with Gasteiger partial charge in [0, 0.05) is 16.3 Å². The number of aromatic nitrogens is 1. The van der Waals surface area contributed by atoms with Crippen molar-refractivity contribution >= 4 is 11.6 Å². The van der Waals surface area contributed by atoms with Crippen LogP contribution in [0.2, 0.25) is 5.02 Å². The average molecular weight is 272 g/mol. The molecule has 1 aromatic heterocycles. The second-order valence-electron chi connectivity index (χ2n) is 3.86. The van der Waals surface area contributed by atoms with E-state index in [9.17, 15) is 13.2 Å². The highest BCUT2D eigenvalue weighted by molar-refractivity contribution is 6.33. The van der Waals surface area contributed by atoms with Gasteiger partial charge in [-0.05, 0) is 25.1 Å². The summed E-state index contributed by atoms with van der Waals surface area (Å²) in [5.74, 6) is 0. The Labute approximate surface area is 107 Å². The summed E-state index contributed by atoms with van der Waals surface area (Å²) < 4.78 is 38.1. The first-order valence-corrected chi connectivity index (χ1v) is 5.56. The Hall–Kier alpha value is -1.55. The van der Waals surface area contributed by atoms with Gasteiger partial charge in [-0.2, -0.15) is 13.2 Å². The molecule has 5 heteroatoms. The Balaban J connectivity index is 2.60. The molecule has 0 amide bonds. The second-order valence-corrected chi connectivity index (χ2v) is 4.27. The molecule has 1 heterocycles. The van der Waals surface area contributed by atoms with Crippen LogP contribution in [0.25, 0.3) is 11.3 Å². The van der Waals surface area contributed by atoms with Crippen molar-refractivity contribution in [1.82, 2.24) is 4.98 Å². The molecule has 1 nitrogen and oxygen atoms in total. The number of aryl methyl sites for hydroxylation is 1. The van der Waals surface area contributed by atoms with E-state index < -0.39 is 11.7 Å². The van der Waals surface area contributed by atoms with Gasteiger partial charge in [0.1, 0.15) is 0 Å². The first-order chi connectivity index (χ1) is 8.38. The molecule has 0 saturated heterocycles. The Morgan fingerprint density at radius 2 is 1.78 bits per heavy atom. The van der Waals surface area contributed by atoms with E-state index in [0.717, 1.165) is 12.1 Å². The molecule has 0 atom stereocenters. The van der Waals surface area contributed by atoms with Crippen molar-refractivity contribution in [2.24, 2.45) is 0 Å². The minimum Gasteiger partial charge on any atom is -0.253 e. The van der Waals surface area contributed by atoms with Crippen LogP contribution in [0.1, 0.15) is 11.3 Å². The summed E-state index contributed by atoms with van der Waals surface area (Å²) in [4.78, 5) is 4.09. The van der Waals surface area contributed by atoms with Gasteiger partial charge in [-0.3, -0.25) is 4.98 Å². The maximum Gasteiger partial charge on any atom is 0.416 e. The number of hydrogen-bond donors (Lipinski definition) is 0. The van der Waals surface area contributed by atoms with E-state index in [4.69, 9.17) is 11.6 Å². The molecule has 0 aliphatic rings. The fraction of sp³-hybridized carbons (Fsp3) is 0.154. The molecule has 0 aliphatic heterocycles. The van der Waals surface area contributed by atoms with Crippen molar-refractivity contribution in [3.63, 3.8) is 0 Å². The lowest BCUT2D eigenvalue weighted by Gasteiger charge is -2.10. The highest BCUT2D eigenvalue weighted by Gasteiger charge is 2.31. The van der Waals surface area contributed by atoms with Crippen LogP contribution in [-0.2, 0) is 6.18 Å². The molecule has 0 unspecified atom stereocenters. The van der Waals surface area contributed by atoms with Gasteiger partial charge in [0.05, 0.1) is 11.3 Å². The summed E-state index contributed by atoms with van der Waals surface area (Å²) >= 11 is 5.96. The Morgan fingerprint density at radius 1 is 1.11 bits per heavy atom. The molecule has 18 heavy (non-hydrogen) atoms. The molecule has 0 N–H and O–H groups in total. The highest BCUT2D eigenvalue weighted by Crippen LogP contribution is 2.33. The van der Waals surface area contributed by atoms with Crippen LogP contribution in [0, 0.1) is 6.92 Å². The third kappa shape index (κ3) is 2.64. The summed E-state index contributed by atoms with van der Waals surface area (Å²) in [5, 5.41) is 0.378. The summed E-state index contributed by atoms with van der Waals surface area (Å²) in [5.41, 5.74) is 0.311. The quantitative estimate of drug-likeness (QED) is 0.731. The van der Waals surface area contributed by atoms with E-state index >= 15 is 0 Å².